The molecule has 0 aromatic heterocycles. The van der Waals surface area contributed by atoms with Gasteiger partial charge in [-0.3, -0.25) is 4.84 Å². The number of nitrogens with zero attached hydrogens (tertiary/aromatic N) is 2. The van der Waals surface area contributed by atoms with Gasteiger partial charge in [-0.1, -0.05) is 48.7 Å². The minimum atomic E-state index is -0.326. The van der Waals surface area contributed by atoms with Crippen molar-refractivity contribution in [3.63, 3.8) is 0 Å². The molecule has 0 spiro atoms. The van der Waals surface area contributed by atoms with Gasteiger partial charge in [0.1, 0.15) is 0 Å². The first-order valence-corrected chi connectivity index (χ1v) is 9.35. The maximum Gasteiger partial charge on any atom is 0.435 e. The lowest BCUT2D eigenvalue weighted by Gasteiger charge is -2.24. The second kappa shape index (κ2) is 8.32. The number of piperidine rings is 1. The molecule has 130 valence electrons. The van der Waals surface area contributed by atoms with Crippen LogP contribution < -0.4 is 0 Å². The topological polar surface area (TPSA) is 41.9 Å². The van der Waals surface area contributed by atoms with Gasteiger partial charge >= 0.3 is 6.09 Å². The summed E-state index contributed by atoms with van der Waals surface area (Å²) in [5.41, 5.74) is 3.19. The van der Waals surface area contributed by atoms with E-state index in [9.17, 15) is 4.79 Å². The summed E-state index contributed by atoms with van der Waals surface area (Å²) >= 11 is 0. The highest BCUT2D eigenvalue weighted by Gasteiger charge is 2.18. The average molecular weight is 328 g/mol. The third-order valence-electron chi connectivity index (χ3n) is 5.28. The van der Waals surface area contributed by atoms with E-state index >= 15 is 0 Å². The smallest absolute Gasteiger partial charge is 0.306 e. The van der Waals surface area contributed by atoms with Crippen LogP contribution in [0, 0.1) is 0 Å². The van der Waals surface area contributed by atoms with Gasteiger partial charge < -0.3 is 4.90 Å². The number of rotatable bonds is 3. The highest BCUT2D eigenvalue weighted by molar-refractivity contribution is 5.98. The Balaban J connectivity index is 1.57. The van der Waals surface area contributed by atoms with E-state index in [4.69, 9.17) is 4.84 Å². The van der Waals surface area contributed by atoms with Gasteiger partial charge in [-0.2, -0.15) is 0 Å². The molecule has 1 aliphatic carbocycles. The summed E-state index contributed by atoms with van der Waals surface area (Å²) in [7, 11) is 0. The molecule has 4 nitrogen and oxygen atoms in total. The van der Waals surface area contributed by atoms with Gasteiger partial charge in [-0.05, 0) is 56.1 Å². The summed E-state index contributed by atoms with van der Waals surface area (Å²) in [5, 5.41) is 4.04. The molecule has 1 aromatic rings. The molecule has 1 aromatic carbocycles. The molecule has 0 radical (unpaired) electrons. The number of carbonyl (C=O) groups excluding carboxylic acids is 1. The van der Waals surface area contributed by atoms with Crippen LogP contribution in [-0.2, 0) is 4.84 Å². The first kappa shape index (κ1) is 17.0. The number of benzene rings is 1. The number of carbonyl (C=O) groups is 1. The van der Waals surface area contributed by atoms with Crippen LogP contribution in [0.5, 0.6) is 0 Å². The van der Waals surface area contributed by atoms with Crippen molar-refractivity contribution in [2.24, 2.45) is 5.16 Å². The molecule has 0 bridgehead atoms. The fourth-order valence-corrected chi connectivity index (χ4v) is 3.73. The van der Waals surface area contributed by atoms with Crippen LogP contribution >= 0.6 is 0 Å². The van der Waals surface area contributed by atoms with Gasteiger partial charge in [0.05, 0.1) is 5.71 Å². The van der Waals surface area contributed by atoms with Crippen LogP contribution in [0.4, 0.5) is 4.79 Å². The van der Waals surface area contributed by atoms with Crippen molar-refractivity contribution in [3.8, 4) is 0 Å². The Hall–Kier alpha value is -1.84. The van der Waals surface area contributed by atoms with E-state index in [0.717, 1.165) is 37.2 Å². The molecule has 1 heterocycles. The van der Waals surface area contributed by atoms with Crippen molar-refractivity contribution >= 4 is 11.8 Å². The van der Waals surface area contributed by atoms with Crippen molar-refractivity contribution in [1.29, 1.82) is 0 Å². The van der Waals surface area contributed by atoms with Gasteiger partial charge in [-0.25, -0.2) is 4.79 Å². The molecular formula is C20H28N2O2. The largest absolute Gasteiger partial charge is 0.435 e. The Morgan fingerprint density at radius 3 is 2.29 bits per heavy atom. The highest BCUT2D eigenvalue weighted by atomic mass is 16.7. The lowest BCUT2D eigenvalue weighted by Crippen LogP contribution is -2.35. The molecule has 1 saturated carbocycles. The Labute approximate surface area is 144 Å². The SMILES string of the molecule is C/C(=N/OC(=O)N1CCCCC1)c1ccc(C2CCCCC2)cc1. The molecular weight excluding hydrogens is 300 g/mol. The lowest BCUT2D eigenvalue weighted by molar-refractivity contribution is 0.0982. The predicted octanol–water partition coefficient (Wildman–Crippen LogP) is 5.08. The van der Waals surface area contributed by atoms with Crippen molar-refractivity contribution in [2.45, 2.75) is 64.2 Å². The summed E-state index contributed by atoms with van der Waals surface area (Å²) in [6.45, 7) is 3.45. The van der Waals surface area contributed by atoms with Gasteiger partial charge in [0.15, 0.2) is 0 Å². The second-order valence-electron chi connectivity index (χ2n) is 7.04. The van der Waals surface area contributed by atoms with Crippen molar-refractivity contribution in [2.75, 3.05) is 13.1 Å². The van der Waals surface area contributed by atoms with E-state index in [0.29, 0.717) is 5.92 Å². The Kier molecular flexibility index (Phi) is 5.89. The van der Waals surface area contributed by atoms with Gasteiger partial charge in [0.2, 0.25) is 0 Å². The fourth-order valence-electron chi connectivity index (χ4n) is 3.73. The molecule has 1 saturated heterocycles. The zero-order valence-electron chi connectivity index (χ0n) is 14.7. The average Bonchev–Trinajstić information content (AvgIpc) is 2.67. The second-order valence-corrected chi connectivity index (χ2v) is 7.04. The predicted molar refractivity (Wildman–Crippen MR) is 96.4 cm³/mol. The molecule has 4 heteroatoms. The first-order valence-electron chi connectivity index (χ1n) is 9.35. The van der Waals surface area contributed by atoms with Crippen molar-refractivity contribution in [3.05, 3.63) is 35.4 Å². The zero-order chi connectivity index (χ0) is 16.8. The lowest BCUT2D eigenvalue weighted by atomic mass is 9.84. The van der Waals surface area contributed by atoms with E-state index < -0.39 is 0 Å². The Morgan fingerprint density at radius 1 is 1.00 bits per heavy atom. The maximum atomic E-state index is 12.0. The number of hydrogen-bond acceptors (Lipinski definition) is 3. The van der Waals surface area contributed by atoms with Crippen LogP contribution in [0.25, 0.3) is 0 Å². The summed E-state index contributed by atoms with van der Waals surface area (Å²) in [5.74, 6) is 0.710. The molecule has 0 atom stereocenters. The normalized spacial score (nSPS) is 20.0. The van der Waals surface area contributed by atoms with E-state index in [1.807, 2.05) is 6.92 Å². The molecule has 0 unspecified atom stereocenters. The van der Waals surface area contributed by atoms with E-state index in [1.54, 1.807) is 4.90 Å². The van der Waals surface area contributed by atoms with Crippen LogP contribution in [0.3, 0.4) is 0 Å². The van der Waals surface area contributed by atoms with Gasteiger partial charge in [0, 0.05) is 13.1 Å². The molecule has 2 fully saturated rings. The molecule has 24 heavy (non-hydrogen) atoms. The third-order valence-corrected chi connectivity index (χ3v) is 5.28. The summed E-state index contributed by atoms with van der Waals surface area (Å²) in [6.07, 6.45) is 9.66. The number of amides is 1. The molecule has 3 rings (SSSR count). The molecule has 1 amide bonds. The standard InChI is InChI=1S/C20H28N2O2/c1-16(21-24-20(23)22-14-6-3-7-15-22)17-10-12-19(13-11-17)18-8-4-2-5-9-18/h10-13,18H,2-9,14-15H2,1H3/b21-16-. The van der Waals surface area contributed by atoms with E-state index in [-0.39, 0.29) is 6.09 Å². The van der Waals surface area contributed by atoms with Crippen LogP contribution in [0.1, 0.15) is 75.3 Å². The Morgan fingerprint density at radius 2 is 1.62 bits per heavy atom. The number of hydrogen-bond donors (Lipinski definition) is 0. The minimum Gasteiger partial charge on any atom is -0.306 e. The van der Waals surface area contributed by atoms with Crippen LogP contribution in [-0.4, -0.2) is 29.8 Å². The molecule has 0 N–H and O–H groups in total. The quantitative estimate of drug-likeness (QED) is 0.441. The summed E-state index contributed by atoms with van der Waals surface area (Å²) < 4.78 is 0. The van der Waals surface area contributed by atoms with Gasteiger partial charge in [0.25, 0.3) is 0 Å². The van der Waals surface area contributed by atoms with Gasteiger partial charge in [-0.15, -0.1) is 0 Å². The van der Waals surface area contributed by atoms with Crippen LogP contribution in [0.15, 0.2) is 29.4 Å². The van der Waals surface area contributed by atoms with Crippen LogP contribution in [0.2, 0.25) is 0 Å². The number of likely N-dealkylation sites (tertiary alicyclic amines) is 1. The summed E-state index contributed by atoms with van der Waals surface area (Å²) in [4.78, 5) is 18.9. The minimum absolute atomic E-state index is 0.326. The molecule has 1 aliphatic heterocycles. The first-order chi connectivity index (χ1) is 11.7. The number of oxime groups is 1. The zero-order valence-corrected chi connectivity index (χ0v) is 14.7. The monoisotopic (exact) mass is 328 g/mol. The molecule has 2 aliphatic rings. The third kappa shape index (κ3) is 4.37. The van der Waals surface area contributed by atoms with E-state index in [1.165, 1.54) is 44.1 Å². The maximum absolute atomic E-state index is 12.0. The summed E-state index contributed by atoms with van der Waals surface area (Å²) in [6, 6.07) is 8.60. The van der Waals surface area contributed by atoms with E-state index in [2.05, 4.69) is 29.4 Å². The highest BCUT2D eigenvalue weighted by Crippen LogP contribution is 2.32. The fraction of sp³-hybridized carbons (Fsp3) is 0.600. The van der Waals surface area contributed by atoms with Crippen molar-refractivity contribution < 1.29 is 9.63 Å². The van der Waals surface area contributed by atoms with Crippen molar-refractivity contribution in [1.82, 2.24) is 4.90 Å². The Bertz CT molecular complexity index is 568.